The zero-order chi connectivity index (χ0) is 14.1. The summed E-state index contributed by atoms with van der Waals surface area (Å²) in [6, 6.07) is 8.43. The van der Waals surface area contributed by atoms with Crippen LogP contribution >= 0.6 is 12.2 Å². The van der Waals surface area contributed by atoms with Crippen LogP contribution in [0.5, 0.6) is 0 Å². The van der Waals surface area contributed by atoms with Crippen molar-refractivity contribution in [1.82, 2.24) is 9.55 Å². The number of fused-ring (bicyclic) bond motifs is 1. The highest BCUT2D eigenvalue weighted by Gasteiger charge is 2.23. The fraction of sp³-hybridized carbons (Fsp3) is 0.500. The summed E-state index contributed by atoms with van der Waals surface area (Å²) in [5.74, 6) is 0.633. The van der Waals surface area contributed by atoms with Crippen LogP contribution < -0.4 is 0 Å². The predicted molar refractivity (Wildman–Crippen MR) is 83.1 cm³/mol. The van der Waals surface area contributed by atoms with Crippen LogP contribution in [0.3, 0.4) is 0 Å². The van der Waals surface area contributed by atoms with Crippen molar-refractivity contribution in [2.45, 2.75) is 45.1 Å². The van der Waals surface area contributed by atoms with Crippen LogP contribution in [0.15, 0.2) is 18.2 Å². The highest BCUT2D eigenvalue weighted by molar-refractivity contribution is 7.71. The molecule has 0 saturated heterocycles. The molecule has 20 heavy (non-hydrogen) atoms. The number of rotatable bonds is 1. The van der Waals surface area contributed by atoms with Gasteiger partial charge in [-0.2, -0.15) is 5.26 Å². The first-order valence-corrected chi connectivity index (χ1v) is 7.76. The predicted octanol–water partition coefficient (Wildman–Crippen LogP) is 4.71. The van der Waals surface area contributed by atoms with Crippen molar-refractivity contribution < 1.29 is 0 Å². The number of nitrogens with zero attached hydrogens (tertiary/aromatic N) is 2. The lowest BCUT2D eigenvalue weighted by molar-refractivity contribution is 0.338. The van der Waals surface area contributed by atoms with E-state index in [1.165, 1.54) is 32.1 Å². The summed E-state index contributed by atoms with van der Waals surface area (Å²) in [4.78, 5) is 3.28. The van der Waals surface area contributed by atoms with Gasteiger partial charge in [0.25, 0.3) is 0 Å². The van der Waals surface area contributed by atoms with Crippen molar-refractivity contribution in [1.29, 1.82) is 5.26 Å². The molecule has 104 valence electrons. The summed E-state index contributed by atoms with van der Waals surface area (Å²) >= 11 is 5.53. The Morgan fingerprint density at radius 2 is 2.10 bits per heavy atom. The Kier molecular flexibility index (Phi) is 3.62. The van der Waals surface area contributed by atoms with Crippen molar-refractivity contribution in [2.24, 2.45) is 5.92 Å². The Labute approximate surface area is 124 Å². The number of benzene rings is 1. The van der Waals surface area contributed by atoms with E-state index in [0.717, 1.165) is 15.8 Å². The molecule has 2 aromatic rings. The molecule has 2 unspecified atom stereocenters. The molecule has 0 bridgehead atoms. The summed E-state index contributed by atoms with van der Waals surface area (Å²) in [6.45, 7) is 2.32. The van der Waals surface area contributed by atoms with Gasteiger partial charge in [-0.05, 0) is 49.2 Å². The lowest BCUT2D eigenvalue weighted by Gasteiger charge is -2.23. The number of nitriles is 1. The lowest BCUT2D eigenvalue weighted by Crippen LogP contribution is -2.16. The van der Waals surface area contributed by atoms with Crippen molar-refractivity contribution in [2.75, 3.05) is 0 Å². The highest BCUT2D eigenvalue weighted by atomic mass is 32.1. The number of imidazole rings is 1. The number of H-pyrrole nitrogens is 1. The van der Waals surface area contributed by atoms with Crippen LogP contribution in [-0.4, -0.2) is 9.55 Å². The molecule has 1 N–H and O–H groups in total. The Balaban J connectivity index is 2.16. The number of aromatic nitrogens is 2. The van der Waals surface area contributed by atoms with Crippen LogP contribution in [-0.2, 0) is 0 Å². The van der Waals surface area contributed by atoms with E-state index in [9.17, 15) is 0 Å². The van der Waals surface area contributed by atoms with E-state index in [1.54, 1.807) is 0 Å². The maximum absolute atomic E-state index is 9.11. The SMILES string of the molecule is CC1CCCCCC1n1c(=S)[nH]c2ccc(C#N)cc21. The van der Waals surface area contributed by atoms with E-state index in [4.69, 9.17) is 17.5 Å². The van der Waals surface area contributed by atoms with Crippen LogP contribution in [0.4, 0.5) is 0 Å². The molecule has 4 heteroatoms. The lowest BCUT2D eigenvalue weighted by atomic mass is 9.96. The summed E-state index contributed by atoms with van der Waals surface area (Å²) < 4.78 is 3.04. The second-order valence-electron chi connectivity index (χ2n) is 5.83. The average Bonchev–Trinajstić information content (AvgIpc) is 2.62. The van der Waals surface area contributed by atoms with Gasteiger partial charge in [-0.15, -0.1) is 0 Å². The third kappa shape index (κ3) is 2.27. The van der Waals surface area contributed by atoms with Crippen molar-refractivity contribution in [3.63, 3.8) is 0 Å². The molecular weight excluding hydrogens is 266 g/mol. The smallest absolute Gasteiger partial charge is 0.178 e. The molecule has 0 aliphatic heterocycles. The van der Waals surface area contributed by atoms with E-state index in [1.807, 2.05) is 18.2 Å². The second-order valence-corrected chi connectivity index (χ2v) is 6.21. The summed E-state index contributed by atoms with van der Waals surface area (Å²) in [7, 11) is 0. The van der Waals surface area contributed by atoms with E-state index in [-0.39, 0.29) is 0 Å². The molecule has 0 radical (unpaired) electrons. The standard InChI is InChI=1S/C16H19N3S/c1-11-5-3-2-4-6-14(11)19-15-9-12(10-17)7-8-13(15)18-16(19)20/h7-9,11,14H,2-6H2,1H3,(H,18,20). The van der Waals surface area contributed by atoms with E-state index in [0.29, 0.717) is 17.5 Å². The van der Waals surface area contributed by atoms with Crippen molar-refractivity contribution in [3.8, 4) is 6.07 Å². The molecule has 0 spiro atoms. The maximum atomic E-state index is 9.11. The molecule has 1 aliphatic carbocycles. The molecule has 1 aromatic heterocycles. The minimum absolute atomic E-state index is 0.452. The largest absolute Gasteiger partial charge is 0.331 e. The molecule has 2 atom stereocenters. The van der Waals surface area contributed by atoms with Crippen molar-refractivity contribution >= 4 is 23.3 Å². The average molecular weight is 285 g/mol. The summed E-state index contributed by atoms with van der Waals surface area (Å²) in [6.07, 6.45) is 6.34. The zero-order valence-electron chi connectivity index (χ0n) is 11.7. The van der Waals surface area contributed by atoms with Crippen molar-refractivity contribution in [3.05, 3.63) is 28.5 Å². The molecule has 1 aliphatic rings. The van der Waals surface area contributed by atoms with Crippen LogP contribution in [0.25, 0.3) is 11.0 Å². The number of aromatic amines is 1. The first-order chi connectivity index (χ1) is 9.70. The van der Waals surface area contributed by atoms with E-state index in [2.05, 4.69) is 22.5 Å². The van der Waals surface area contributed by atoms with Gasteiger partial charge in [0.15, 0.2) is 4.77 Å². The fourth-order valence-corrected chi connectivity index (χ4v) is 3.72. The third-order valence-electron chi connectivity index (χ3n) is 4.49. The van der Waals surface area contributed by atoms with Gasteiger partial charge in [0.1, 0.15) is 0 Å². The van der Waals surface area contributed by atoms with Gasteiger partial charge in [0.05, 0.1) is 22.7 Å². The first-order valence-electron chi connectivity index (χ1n) is 7.35. The Hall–Kier alpha value is -1.60. The van der Waals surface area contributed by atoms with Gasteiger partial charge in [-0.25, -0.2) is 0 Å². The third-order valence-corrected chi connectivity index (χ3v) is 4.79. The number of hydrogen-bond acceptors (Lipinski definition) is 2. The summed E-state index contributed by atoms with van der Waals surface area (Å²) in [5.41, 5.74) is 2.81. The minimum atomic E-state index is 0.452. The molecule has 1 aromatic carbocycles. The second kappa shape index (κ2) is 5.41. The molecule has 1 heterocycles. The first kappa shape index (κ1) is 13.4. The fourth-order valence-electron chi connectivity index (χ4n) is 3.38. The normalized spacial score (nSPS) is 23.4. The van der Waals surface area contributed by atoms with Crippen LogP contribution in [0.2, 0.25) is 0 Å². The van der Waals surface area contributed by atoms with E-state index < -0.39 is 0 Å². The van der Waals surface area contributed by atoms with Gasteiger partial charge in [0.2, 0.25) is 0 Å². The van der Waals surface area contributed by atoms with Gasteiger partial charge < -0.3 is 9.55 Å². The molecule has 0 amide bonds. The molecule has 1 fully saturated rings. The maximum Gasteiger partial charge on any atom is 0.178 e. The Morgan fingerprint density at radius 1 is 1.30 bits per heavy atom. The van der Waals surface area contributed by atoms with Gasteiger partial charge >= 0.3 is 0 Å². The highest BCUT2D eigenvalue weighted by Crippen LogP contribution is 2.35. The van der Waals surface area contributed by atoms with Crippen LogP contribution in [0.1, 0.15) is 50.6 Å². The molecule has 1 saturated carbocycles. The molecule has 3 nitrogen and oxygen atoms in total. The Bertz CT molecular complexity index is 719. The zero-order valence-corrected chi connectivity index (χ0v) is 12.5. The van der Waals surface area contributed by atoms with Gasteiger partial charge in [-0.1, -0.05) is 26.2 Å². The topological polar surface area (TPSA) is 44.5 Å². The Morgan fingerprint density at radius 3 is 2.90 bits per heavy atom. The summed E-state index contributed by atoms with van der Waals surface area (Å²) in [5, 5.41) is 9.11. The number of nitrogens with one attached hydrogen (secondary N) is 1. The minimum Gasteiger partial charge on any atom is -0.331 e. The van der Waals surface area contributed by atoms with E-state index >= 15 is 0 Å². The van der Waals surface area contributed by atoms with Gasteiger partial charge in [-0.3, -0.25) is 0 Å². The van der Waals surface area contributed by atoms with Gasteiger partial charge in [0, 0.05) is 6.04 Å². The molecule has 3 rings (SSSR count). The number of hydrogen-bond donors (Lipinski definition) is 1. The van der Waals surface area contributed by atoms with Crippen LogP contribution in [0, 0.1) is 22.0 Å². The monoisotopic (exact) mass is 285 g/mol. The quantitative estimate of drug-likeness (QED) is 0.609. The molecular formula is C16H19N3S.